The van der Waals surface area contributed by atoms with E-state index in [4.69, 9.17) is 5.26 Å². The van der Waals surface area contributed by atoms with E-state index in [-0.39, 0.29) is 18.0 Å². The molecular weight excluding hydrogens is 424 g/mol. The zero-order chi connectivity index (χ0) is 23.9. The predicted octanol–water partition coefficient (Wildman–Crippen LogP) is 3.86. The number of piperazine rings is 1. The minimum absolute atomic E-state index is 0.108. The van der Waals surface area contributed by atoms with Crippen LogP contribution in [0.1, 0.15) is 57.1 Å². The van der Waals surface area contributed by atoms with Crippen molar-refractivity contribution < 1.29 is 4.79 Å². The summed E-state index contributed by atoms with van der Waals surface area (Å²) < 4.78 is 0. The highest BCUT2D eigenvalue weighted by atomic mass is 16.2. The predicted molar refractivity (Wildman–Crippen MR) is 133 cm³/mol. The number of likely N-dealkylation sites (tertiary alicyclic amines) is 1. The van der Waals surface area contributed by atoms with Crippen LogP contribution in [0.2, 0.25) is 0 Å². The van der Waals surface area contributed by atoms with E-state index in [0.29, 0.717) is 31.0 Å². The van der Waals surface area contributed by atoms with Crippen molar-refractivity contribution in [2.24, 2.45) is 5.92 Å². The molecule has 4 rings (SSSR count). The SMILES string of the molecule is C[C@@H]1CN(c2ncc(C#N)cn2)C[C@H](C)N1C(=O)CCCC1CCN(Cc2ccccc2)CC1. The number of nitrogens with zero attached hydrogens (tertiary/aromatic N) is 6. The first-order chi connectivity index (χ1) is 16.5. The van der Waals surface area contributed by atoms with Gasteiger partial charge in [-0.25, -0.2) is 9.97 Å². The number of benzene rings is 1. The number of carbonyl (C=O) groups is 1. The number of anilines is 1. The van der Waals surface area contributed by atoms with Crippen LogP contribution < -0.4 is 4.90 Å². The Morgan fingerprint density at radius 3 is 2.32 bits per heavy atom. The fourth-order valence-electron chi connectivity index (χ4n) is 5.47. The fraction of sp³-hybridized carbons (Fsp3) is 0.556. The molecule has 0 unspecified atom stereocenters. The monoisotopic (exact) mass is 460 g/mol. The van der Waals surface area contributed by atoms with Crippen LogP contribution in [0.3, 0.4) is 0 Å². The average molecular weight is 461 g/mol. The van der Waals surface area contributed by atoms with E-state index in [1.54, 1.807) is 12.4 Å². The van der Waals surface area contributed by atoms with Gasteiger partial charge in [0.1, 0.15) is 6.07 Å². The summed E-state index contributed by atoms with van der Waals surface area (Å²) in [6.45, 7) is 8.98. The standard InChI is InChI=1S/C27H36N6O/c1-21-18-32(27-29-16-25(15-28)17-30-27)19-22(2)33(21)26(34)10-6-9-23-11-13-31(14-12-23)20-24-7-4-3-5-8-24/h3-5,7-8,16-17,21-23H,6,9-14,18-20H2,1-2H3/t21-,22+. The summed E-state index contributed by atoms with van der Waals surface area (Å²) in [4.78, 5) is 28.5. The van der Waals surface area contributed by atoms with Gasteiger partial charge in [-0.05, 0) is 64.1 Å². The molecule has 2 aliphatic heterocycles. The molecule has 2 atom stereocenters. The van der Waals surface area contributed by atoms with E-state index in [2.05, 4.69) is 74.9 Å². The zero-order valence-corrected chi connectivity index (χ0v) is 20.4. The number of nitriles is 1. The van der Waals surface area contributed by atoms with Crippen molar-refractivity contribution in [3.8, 4) is 6.07 Å². The summed E-state index contributed by atoms with van der Waals surface area (Å²) in [6.07, 6.45) is 8.33. The van der Waals surface area contributed by atoms with Gasteiger partial charge in [0.2, 0.25) is 11.9 Å². The Morgan fingerprint density at radius 2 is 1.71 bits per heavy atom. The number of rotatable bonds is 7. The van der Waals surface area contributed by atoms with Gasteiger partial charge in [-0.15, -0.1) is 0 Å². The molecule has 0 bridgehead atoms. The topological polar surface area (TPSA) is 76.4 Å². The molecule has 0 radical (unpaired) electrons. The Bertz CT molecular complexity index is 953. The Balaban J connectivity index is 1.19. The minimum Gasteiger partial charge on any atom is -0.337 e. The maximum absolute atomic E-state index is 13.1. The third kappa shape index (κ3) is 6.12. The molecule has 0 N–H and O–H groups in total. The first kappa shape index (κ1) is 24.2. The van der Waals surface area contributed by atoms with Crippen molar-refractivity contribution in [3.63, 3.8) is 0 Å². The molecule has 2 fully saturated rings. The minimum atomic E-state index is 0.108. The lowest BCUT2D eigenvalue weighted by molar-refractivity contribution is -0.136. The molecule has 0 aliphatic carbocycles. The van der Waals surface area contributed by atoms with Crippen LogP contribution in [0.15, 0.2) is 42.7 Å². The van der Waals surface area contributed by atoms with E-state index < -0.39 is 0 Å². The van der Waals surface area contributed by atoms with Crippen LogP contribution in [0, 0.1) is 17.2 Å². The molecule has 2 aromatic rings. The van der Waals surface area contributed by atoms with Gasteiger partial charge in [-0.1, -0.05) is 30.3 Å². The average Bonchev–Trinajstić information content (AvgIpc) is 2.85. The molecule has 0 saturated carbocycles. The van der Waals surface area contributed by atoms with Crippen molar-refractivity contribution in [1.82, 2.24) is 19.8 Å². The first-order valence-electron chi connectivity index (χ1n) is 12.6. The Hall–Kier alpha value is -2.98. The maximum Gasteiger partial charge on any atom is 0.225 e. The summed E-state index contributed by atoms with van der Waals surface area (Å²) in [5, 5.41) is 8.95. The Kier molecular flexibility index (Phi) is 8.12. The van der Waals surface area contributed by atoms with E-state index in [1.165, 1.54) is 18.4 Å². The van der Waals surface area contributed by atoms with Crippen LogP contribution >= 0.6 is 0 Å². The van der Waals surface area contributed by atoms with Gasteiger partial charge in [-0.3, -0.25) is 9.69 Å². The molecule has 1 aromatic carbocycles. The molecule has 34 heavy (non-hydrogen) atoms. The number of piperidine rings is 1. The van der Waals surface area contributed by atoms with Gasteiger partial charge in [0.15, 0.2) is 0 Å². The van der Waals surface area contributed by atoms with Crippen LogP contribution in [0.25, 0.3) is 0 Å². The van der Waals surface area contributed by atoms with Gasteiger partial charge in [0.25, 0.3) is 0 Å². The van der Waals surface area contributed by atoms with Crippen LogP contribution in [-0.4, -0.2) is 63.9 Å². The molecule has 2 saturated heterocycles. The summed E-state index contributed by atoms with van der Waals surface area (Å²) in [5.74, 6) is 1.63. The molecule has 7 nitrogen and oxygen atoms in total. The quantitative estimate of drug-likeness (QED) is 0.625. The van der Waals surface area contributed by atoms with Gasteiger partial charge < -0.3 is 9.80 Å². The molecule has 1 aromatic heterocycles. The lowest BCUT2D eigenvalue weighted by Gasteiger charge is -2.44. The summed E-state index contributed by atoms with van der Waals surface area (Å²) in [6, 6.07) is 13.0. The van der Waals surface area contributed by atoms with E-state index >= 15 is 0 Å². The van der Waals surface area contributed by atoms with Gasteiger partial charge in [0.05, 0.1) is 18.0 Å². The molecule has 180 valence electrons. The van der Waals surface area contributed by atoms with Gasteiger partial charge >= 0.3 is 0 Å². The van der Waals surface area contributed by atoms with Crippen molar-refractivity contribution in [2.45, 2.75) is 64.6 Å². The fourth-order valence-corrected chi connectivity index (χ4v) is 5.47. The normalized spacial score (nSPS) is 21.9. The summed E-state index contributed by atoms with van der Waals surface area (Å²) in [7, 11) is 0. The lowest BCUT2D eigenvalue weighted by Crippen LogP contribution is -2.59. The summed E-state index contributed by atoms with van der Waals surface area (Å²) in [5.41, 5.74) is 1.85. The summed E-state index contributed by atoms with van der Waals surface area (Å²) >= 11 is 0. The van der Waals surface area contributed by atoms with E-state index in [9.17, 15) is 4.79 Å². The van der Waals surface area contributed by atoms with Crippen molar-refractivity contribution in [2.75, 3.05) is 31.1 Å². The highest BCUT2D eigenvalue weighted by Crippen LogP contribution is 2.25. The molecular formula is C27H36N6O. The lowest BCUT2D eigenvalue weighted by atomic mass is 9.91. The maximum atomic E-state index is 13.1. The molecule has 2 aliphatic rings. The number of hydrogen-bond donors (Lipinski definition) is 0. The smallest absolute Gasteiger partial charge is 0.225 e. The largest absolute Gasteiger partial charge is 0.337 e. The van der Waals surface area contributed by atoms with E-state index in [1.807, 2.05) is 0 Å². The second kappa shape index (κ2) is 11.4. The first-order valence-corrected chi connectivity index (χ1v) is 12.6. The number of aromatic nitrogens is 2. The van der Waals surface area contributed by atoms with Crippen LogP contribution in [0.5, 0.6) is 0 Å². The highest BCUT2D eigenvalue weighted by molar-refractivity contribution is 5.77. The van der Waals surface area contributed by atoms with Gasteiger partial charge in [-0.2, -0.15) is 5.26 Å². The van der Waals surface area contributed by atoms with Crippen LogP contribution in [-0.2, 0) is 11.3 Å². The molecule has 3 heterocycles. The second-order valence-corrected chi connectivity index (χ2v) is 9.88. The molecule has 1 amide bonds. The zero-order valence-electron chi connectivity index (χ0n) is 20.4. The molecule has 0 spiro atoms. The van der Waals surface area contributed by atoms with Crippen molar-refractivity contribution in [3.05, 3.63) is 53.9 Å². The van der Waals surface area contributed by atoms with Gasteiger partial charge in [0, 0.05) is 38.1 Å². The molecule has 7 heteroatoms. The Morgan fingerprint density at radius 1 is 1.06 bits per heavy atom. The number of hydrogen-bond acceptors (Lipinski definition) is 6. The van der Waals surface area contributed by atoms with E-state index in [0.717, 1.165) is 38.4 Å². The van der Waals surface area contributed by atoms with Crippen molar-refractivity contribution >= 4 is 11.9 Å². The van der Waals surface area contributed by atoms with Crippen LogP contribution in [0.4, 0.5) is 5.95 Å². The number of amides is 1. The third-order valence-electron chi connectivity index (χ3n) is 7.22. The second-order valence-electron chi connectivity index (χ2n) is 9.88. The number of carbonyl (C=O) groups excluding carboxylic acids is 1. The van der Waals surface area contributed by atoms with Crippen molar-refractivity contribution in [1.29, 1.82) is 5.26 Å². The third-order valence-corrected chi connectivity index (χ3v) is 7.22. The Labute approximate surface area is 203 Å². The highest BCUT2D eigenvalue weighted by Gasteiger charge is 2.33.